The predicted molar refractivity (Wildman–Crippen MR) is 131 cm³/mol. The lowest BCUT2D eigenvalue weighted by molar-refractivity contribution is -0.140. The van der Waals surface area contributed by atoms with Gasteiger partial charge in [-0.25, -0.2) is 0 Å². The fourth-order valence-corrected chi connectivity index (χ4v) is 4.78. The van der Waals surface area contributed by atoms with Crippen LogP contribution in [-0.2, 0) is 19.7 Å². The number of hydrogen-bond acceptors (Lipinski definition) is 5. The van der Waals surface area contributed by atoms with Gasteiger partial charge < -0.3 is 19.5 Å². The molecule has 34 heavy (non-hydrogen) atoms. The Hall–Kier alpha value is -3.12. The van der Waals surface area contributed by atoms with Crippen LogP contribution in [0.4, 0.5) is 0 Å². The Labute approximate surface area is 201 Å². The van der Waals surface area contributed by atoms with Crippen molar-refractivity contribution in [2.24, 2.45) is 0 Å². The molecule has 2 aliphatic rings. The molecule has 0 aliphatic carbocycles. The highest BCUT2D eigenvalue weighted by Gasteiger charge is 2.48. The van der Waals surface area contributed by atoms with Gasteiger partial charge >= 0.3 is 0 Å². The maximum atomic E-state index is 13.4. The summed E-state index contributed by atoms with van der Waals surface area (Å²) in [5.41, 5.74) is 3.02. The number of Topliss-reactive ketones (excluding diaryl/α,β-unsaturated/α-hetero) is 1. The molecular formula is C28H33NO5. The number of aliphatic hydroxyl groups is 1. The lowest BCUT2D eigenvalue weighted by Crippen LogP contribution is -2.36. The van der Waals surface area contributed by atoms with E-state index in [-0.39, 0.29) is 29.4 Å². The highest BCUT2D eigenvalue weighted by Crippen LogP contribution is 2.43. The van der Waals surface area contributed by atoms with E-state index in [2.05, 4.69) is 20.8 Å². The van der Waals surface area contributed by atoms with Gasteiger partial charge in [-0.1, -0.05) is 51.1 Å². The largest absolute Gasteiger partial charge is 0.507 e. The summed E-state index contributed by atoms with van der Waals surface area (Å²) in [6.45, 7) is 9.10. The summed E-state index contributed by atoms with van der Waals surface area (Å²) in [7, 11) is 1.56. The van der Waals surface area contributed by atoms with E-state index in [1.165, 1.54) is 4.90 Å². The molecule has 2 aliphatic heterocycles. The van der Waals surface area contributed by atoms with Crippen LogP contribution >= 0.6 is 0 Å². The van der Waals surface area contributed by atoms with Gasteiger partial charge in [-0.05, 0) is 48.4 Å². The maximum Gasteiger partial charge on any atom is 0.295 e. The van der Waals surface area contributed by atoms with Crippen molar-refractivity contribution < 1.29 is 24.2 Å². The van der Waals surface area contributed by atoms with E-state index in [1.54, 1.807) is 13.2 Å². The summed E-state index contributed by atoms with van der Waals surface area (Å²) in [5.74, 6) is -0.921. The standard InChI is InChI=1S/C28H33NO5/c1-17-12-13-18(28(2,3)4)15-21(17)25(30)23-24(20-10-6-7-11-22(20)33-5)29(27(32)26(23)31)16-19-9-8-14-34-19/h6-7,10-13,15,19,24,30H,8-9,14,16H2,1-5H3/b25-23+. The number of ketones is 1. The second-order valence-corrected chi connectivity index (χ2v) is 10.1. The number of nitrogens with zero attached hydrogens (tertiary/aromatic N) is 1. The average molecular weight is 464 g/mol. The minimum atomic E-state index is -0.766. The number of para-hydroxylation sites is 1. The Morgan fingerprint density at radius 3 is 2.56 bits per heavy atom. The van der Waals surface area contributed by atoms with Gasteiger partial charge in [0.2, 0.25) is 0 Å². The van der Waals surface area contributed by atoms with Gasteiger partial charge in [0.1, 0.15) is 11.5 Å². The molecule has 1 amide bonds. The zero-order chi connectivity index (χ0) is 24.6. The molecule has 4 rings (SSSR count). The molecule has 1 N–H and O–H groups in total. The van der Waals surface area contributed by atoms with Crippen molar-refractivity contribution in [1.29, 1.82) is 0 Å². The van der Waals surface area contributed by atoms with Crippen molar-refractivity contribution in [2.75, 3.05) is 20.3 Å². The summed E-state index contributed by atoms with van der Waals surface area (Å²) < 4.78 is 11.4. The van der Waals surface area contributed by atoms with Crippen LogP contribution in [0.1, 0.15) is 61.9 Å². The van der Waals surface area contributed by atoms with Crippen molar-refractivity contribution in [3.05, 3.63) is 70.3 Å². The maximum absolute atomic E-state index is 13.4. The van der Waals surface area contributed by atoms with Gasteiger partial charge in [-0.2, -0.15) is 0 Å². The van der Waals surface area contributed by atoms with Gasteiger partial charge in [0.05, 0.1) is 24.8 Å². The van der Waals surface area contributed by atoms with Crippen molar-refractivity contribution in [3.8, 4) is 5.75 Å². The second-order valence-electron chi connectivity index (χ2n) is 10.1. The summed E-state index contributed by atoms with van der Waals surface area (Å²) in [6.07, 6.45) is 1.61. The van der Waals surface area contributed by atoms with Crippen LogP contribution in [0.2, 0.25) is 0 Å². The van der Waals surface area contributed by atoms with Crippen LogP contribution in [-0.4, -0.2) is 48.1 Å². The van der Waals surface area contributed by atoms with E-state index in [4.69, 9.17) is 9.47 Å². The molecule has 2 saturated heterocycles. The second kappa shape index (κ2) is 9.26. The number of rotatable bonds is 5. The van der Waals surface area contributed by atoms with Gasteiger partial charge in [-0.15, -0.1) is 0 Å². The molecule has 0 saturated carbocycles. The molecule has 0 radical (unpaired) electrons. The quantitative estimate of drug-likeness (QED) is 0.388. The topological polar surface area (TPSA) is 76.1 Å². The molecule has 2 aromatic carbocycles. The molecule has 2 heterocycles. The molecule has 6 nitrogen and oxygen atoms in total. The van der Waals surface area contributed by atoms with Gasteiger partial charge in [0.15, 0.2) is 0 Å². The van der Waals surface area contributed by atoms with Crippen LogP contribution in [0.3, 0.4) is 0 Å². The van der Waals surface area contributed by atoms with Crippen molar-refractivity contribution >= 4 is 17.4 Å². The summed E-state index contributed by atoms with van der Waals surface area (Å²) in [5, 5.41) is 11.6. The molecule has 2 unspecified atom stereocenters. The number of amides is 1. The molecule has 6 heteroatoms. The molecule has 0 spiro atoms. The minimum Gasteiger partial charge on any atom is -0.507 e. The zero-order valence-corrected chi connectivity index (χ0v) is 20.6. The summed E-state index contributed by atoms with van der Waals surface area (Å²) >= 11 is 0. The number of benzene rings is 2. The number of methoxy groups -OCH3 is 1. The third kappa shape index (κ3) is 4.34. The number of aliphatic hydroxyl groups excluding tert-OH is 1. The summed E-state index contributed by atoms with van der Waals surface area (Å²) in [4.78, 5) is 28.2. The lowest BCUT2D eigenvalue weighted by atomic mass is 9.84. The average Bonchev–Trinajstić information content (AvgIpc) is 3.40. The van der Waals surface area contributed by atoms with Crippen LogP contribution < -0.4 is 4.74 Å². The van der Waals surface area contributed by atoms with E-state index in [1.807, 2.05) is 43.3 Å². The van der Waals surface area contributed by atoms with Crippen LogP contribution in [0, 0.1) is 6.92 Å². The first kappa shape index (κ1) is 24.0. The Bertz CT molecular complexity index is 1140. The Kier molecular flexibility index (Phi) is 6.54. The van der Waals surface area contributed by atoms with Crippen molar-refractivity contribution in [1.82, 2.24) is 4.90 Å². The van der Waals surface area contributed by atoms with E-state index in [9.17, 15) is 14.7 Å². The zero-order valence-electron chi connectivity index (χ0n) is 20.6. The van der Waals surface area contributed by atoms with E-state index in [0.717, 1.165) is 24.0 Å². The molecule has 2 atom stereocenters. The Morgan fingerprint density at radius 1 is 1.18 bits per heavy atom. The monoisotopic (exact) mass is 463 g/mol. The Balaban J connectivity index is 1.91. The number of aryl methyl sites for hydroxylation is 1. The van der Waals surface area contributed by atoms with Crippen molar-refractivity contribution in [3.63, 3.8) is 0 Å². The first-order valence-corrected chi connectivity index (χ1v) is 11.8. The first-order valence-electron chi connectivity index (χ1n) is 11.8. The third-order valence-corrected chi connectivity index (χ3v) is 6.76. The highest BCUT2D eigenvalue weighted by molar-refractivity contribution is 6.46. The number of ether oxygens (including phenoxy) is 2. The summed E-state index contributed by atoms with van der Waals surface area (Å²) in [6, 6.07) is 12.4. The first-order chi connectivity index (χ1) is 16.1. The number of likely N-dealkylation sites (tertiary alicyclic amines) is 1. The fourth-order valence-electron chi connectivity index (χ4n) is 4.78. The number of carbonyl (C=O) groups excluding carboxylic acids is 2. The van der Waals surface area contributed by atoms with E-state index < -0.39 is 17.7 Å². The molecule has 0 aromatic heterocycles. The smallest absolute Gasteiger partial charge is 0.295 e. The Morgan fingerprint density at radius 2 is 1.91 bits per heavy atom. The molecular weight excluding hydrogens is 430 g/mol. The molecule has 2 aromatic rings. The number of carbonyl (C=O) groups is 2. The normalized spacial score (nSPS) is 22.4. The number of hydrogen-bond donors (Lipinski definition) is 1. The van der Waals surface area contributed by atoms with Crippen LogP contribution in [0.25, 0.3) is 5.76 Å². The van der Waals surface area contributed by atoms with Gasteiger partial charge in [0.25, 0.3) is 11.7 Å². The minimum absolute atomic E-state index is 0.0849. The van der Waals surface area contributed by atoms with Crippen molar-refractivity contribution in [2.45, 2.75) is 58.1 Å². The molecule has 0 bridgehead atoms. The highest BCUT2D eigenvalue weighted by atomic mass is 16.5. The van der Waals surface area contributed by atoms with Crippen LogP contribution in [0.15, 0.2) is 48.0 Å². The molecule has 2 fully saturated rings. The van der Waals surface area contributed by atoms with Crippen LogP contribution in [0.5, 0.6) is 5.75 Å². The lowest BCUT2D eigenvalue weighted by Gasteiger charge is -2.28. The van der Waals surface area contributed by atoms with E-state index in [0.29, 0.717) is 23.5 Å². The molecule has 180 valence electrons. The fraction of sp³-hybridized carbons (Fsp3) is 0.429. The predicted octanol–water partition coefficient (Wildman–Crippen LogP) is 4.90. The SMILES string of the molecule is COc1ccccc1C1/C(=C(\O)c2cc(C(C)(C)C)ccc2C)C(=O)C(=O)N1CC1CCCO1. The van der Waals surface area contributed by atoms with E-state index >= 15 is 0 Å². The third-order valence-electron chi connectivity index (χ3n) is 6.76. The van der Waals surface area contributed by atoms with Gasteiger partial charge in [0, 0.05) is 24.3 Å². The van der Waals surface area contributed by atoms with Gasteiger partial charge in [-0.3, -0.25) is 9.59 Å².